The second-order valence-corrected chi connectivity index (χ2v) is 9.78. The lowest BCUT2D eigenvalue weighted by molar-refractivity contribution is -0.181. The Hall–Kier alpha value is -0.570. The van der Waals surface area contributed by atoms with Crippen molar-refractivity contribution in [3.05, 3.63) is 0 Å². The van der Waals surface area contributed by atoms with Gasteiger partial charge in [-0.3, -0.25) is 4.79 Å². The molecule has 4 rings (SSSR count). The molecule has 0 aliphatic heterocycles. The number of hydrogen-bond donors (Lipinski definition) is 2. The molecule has 0 aromatic carbocycles. The molecule has 2 N–H and O–H groups in total. The Bertz CT molecular complexity index is 517. The van der Waals surface area contributed by atoms with Crippen molar-refractivity contribution in [2.24, 2.45) is 39.9 Å². The minimum Gasteiger partial charge on any atom is -0.481 e. The van der Waals surface area contributed by atoms with Crippen LogP contribution in [0.25, 0.3) is 0 Å². The lowest BCUT2D eigenvalue weighted by Crippen LogP contribution is -2.58. The number of aliphatic hydroxyl groups is 1. The zero-order valence-electron chi connectivity index (χ0n) is 14.7. The summed E-state index contributed by atoms with van der Waals surface area (Å²) in [6.07, 6.45) is 10.4. The molecule has 0 saturated heterocycles. The second kappa shape index (κ2) is 4.97. The Morgan fingerprint density at radius 1 is 1.04 bits per heavy atom. The molecule has 0 aromatic rings. The highest BCUT2D eigenvalue weighted by molar-refractivity contribution is 5.75. The number of rotatable bonds is 2. The van der Waals surface area contributed by atoms with Crippen molar-refractivity contribution in [3.8, 4) is 0 Å². The summed E-state index contributed by atoms with van der Waals surface area (Å²) in [5.41, 5.74) is 0.0811. The molecule has 0 unspecified atom stereocenters. The van der Waals surface area contributed by atoms with E-state index in [9.17, 15) is 15.0 Å². The number of carbonyl (C=O) groups is 1. The summed E-state index contributed by atoms with van der Waals surface area (Å²) in [6, 6.07) is 0. The third kappa shape index (κ3) is 1.95. The first kappa shape index (κ1) is 15.9. The van der Waals surface area contributed by atoms with Crippen LogP contribution in [0.1, 0.15) is 71.6 Å². The molecule has 3 heteroatoms. The summed E-state index contributed by atoms with van der Waals surface area (Å²) in [7, 11) is 0. The van der Waals surface area contributed by atoms with Gasteiger partial charge in [0.1, 0.15) is 0 Å². The van der Waals surface area contributed by atoms with E-state index in [1.807, 2.05) is 6.92 Å². The average Bonchev–Trinajstić information content (AvgIpc) is 2.77. The molecule has 1 spiro atoms. The van der Waals surface area contributed by atoms with Gasteiger partial charge in [0.15, 0.2) is 0 Å². The molecule has 7 atom stereocenters. The highest BCUT2D eigenvalue weighted by atomic mass is 16.4. The number of carboxylic acids is 1. The van der Waals surface area contributed by atoms with Gasteiger partial charge in [0.2, 0.25) is 0 Å². The van der Waals surface area contributed by atoms with Gasteiger partial charge in [-0.1, -0.05) is 13.3 Å². The largest absolute Gasteiger partial charge is 0.481 e. The Kier molecular flexibility index (Phi) is 3.44. The molecule has 0 aromatic heterocycles. The van der Waals surface area contributed by atoms with E-state index in [1.54, 1.807) is 0 Å². The van der Waals surface area contributed by atoms with E-state index in [0.29, 0.717) is 29.8 Å². The van der Waals surface area contributed by atoms with Gasteiger partial charge < -0.3 is 10.2 Å². The van der Waals surface area contributed by atoms with Crippen molar-refractivity contribution in [2.75, 3.05) is 6.61 Å². The quantitative estimate of drug-likeness (QED) is 0.805. The second-order valence-electron chi connectivity index (χ2n) is 9.78. The summed E-state index contributed by atoms with van der Waals surface area (Å²) >= 11 is 0. The first-order valence-electron chi connectivity index (χ1n) is 9.70. The maximum Gasteiger partial charge on any atom is 0.309 e. The maximum atomic E-state index is 12.1. The highest BCUT2D eigenvalue weighted by Crippen LogP contribution is 2.72. The topological polar surface area (TPSA) is 57.5 Å². The zero-order chi connectivity index (χ0) is 16.5. The van der Waals surface area contributed by atoms with Gasteiger partial charge >= 0.3 is 5.97 Å². The zero-order valence-corrected chi connectivity index (χ0v) is 14.7. The Balaban J connectivity index is 1.71. The molecule has 0 radical (unpaired) electrons. The van der Waals surface area contributed by atoms with Gasteiger partial charge in [-0.15, -0.1) is 0 Å². The first-order valence-corrected chi connectivity index (χ1v) is 9.70. The monoisotopic (exact) mass is 320 g/mol. The molecule has 0 heterocycles. The summed E-state index contributed by atoms with van der Waals surface area (Å²) in [5, 5.41) is 19.7. The van der Waals surface area contributed by atoms with Crippen LogP contribution in [-0.2, 0) is 4.79 Å². The molecule has 4 saturated carbocycles. The SMILES string of the molecule is C[C@]12CCC[C@](C)(C(=O)O)[C@H]1CC[C@]13C[C@@H](CO)[C@@H](CC[C@@H]12)C3. The van der Waals surface area contributed by atoms with E-state index >= 15 is 0 Å². The number of aliphatic carboxylic acids is 1. The van der Waals surface area contributed by atoms with Crippen LogP contribution >= 0.6 is 0 Å². The maximum absolute atomic E-state index is 12.1. The van der Waals surface area contributed by atoms with Gasteiger partial charge in [-0.25, -0.2) is 0 Å². The average molecular weight is 320 g/mol. The fraction of sp³-hybridized carbons (Fsp3) is 0.950. The Labute approximate surface area is 139 Å². The molecule has 4 aliphatic carbocycles. The van der Waals surface area contributed by atoms with Crippen molar-refractivity contribution in [3.63, 3.8) is 0 Å². The van der Waals surface area contributed by atoms with Gasteiger partial charge in [-0.2, -0.15) is 0 Å². The van der Waals surface area contributed by atoms with E-state index in [1.165, 1.54) is 38.5 Å². The summed E-state index contributed by atoms with van der Waals surface area (Å²) < 4.78 is 0. The predicted molar refractivity (Wildman–Crippen MR) is 88.9 cm³/mol. The molecular formula is C20H32O3. The standard InChI is InChI=1S/C20H32O3/c1-18-7-3-8-19(2,17(22)23)15(18)6-9-20-10-13(4-5-16(18)20)14(11-20)12-21/h13-16,21H,3-12H2,1-2H3,(H,22,23)/t13-,14-,15-,16+,18-,19-,20-/m0/s1. The number of carboxylic acid groups (broad SMARTS) is 1. The van der Waals surface area contributed by atoms with E-state index < -0.39 is 11.4 Å². The normalized spacial score (nSPS) is 55.1. The van der Waals surface area contributed by atoms with E-state index in [4.69, 9.17) is 0 Å². The molecular weight excluding hydrogens is 288 g/mol. The fourth-order valence-electron chi connectivity index (χ4n) is 8.06. The van der Waals surface area contributed by atoms with Crippen molar-refractivity contribution < 1.29 is 15.0 Å². The number of fused-ring (bicyclic) bond motifs is 3. The van der Waals surface area contributed by atoms with Crippen molar-refractivity contribution >= 4 is 5.97 Å². The molecule has 3 nitrogen and oxygen atoms in total. The lowest BCUT2D eigenvalue weighted by atomic mass is 9.41. The van der Waals surface area contributed by atoms with Gasteiger partial charge in [-0.05, 0) is 92.8 Å². The molecule has 23 heavy (non-hydrogen) atoms. The lowest BCUT2D eigenvalue weighted by Gasteiger charge is -2.63. The third-order valence-electron chi connectivity index (χ3n) is 9.00. The van der Waals surface area contributed by atoms with Crippen molar-refractivity contribution in [1.82, 2.24) is 0 Å². The van der Waals surface area contributed by atoms with Gasteiger partial charge in [0.25, 0.3) is 0 Å². The predicted octanol–water partition coefficient (Wildman–Crippen LogP) is 4.09. The minimum atomic E-state index is -0.572. The van der Waals surface area contributed by atoms with Crippen LogP contribution in [0.15, 0.2) is 0 Å². The van der Waals surface area contributed by atoms with Crippen LogP contribution < -0.4 is 0 Å². The van der Waals surface area contributed by atoms with Crippen molar-refractivity contribution in [1.29, 1.82) is 0 Å². The van der Waals surface area contributed by atoms with Crippen molar-refractivity contribution in [2.45, 2.75) is 71.6 Å². The third-order valence-corrected chi connectivity index (χ3v) is 9.00. The van der Waals surface area contributed by atoms with Crippen LogP contribution in [0, 0.1) is 39.9 Å². The molecule has 4 fully saturated rings. The van der Waals surface area contributed by atoms with Gasteiger partial charge in [0, 0.05) is 6.61 Å². The van der Waals surface area contributed by atoms with Gasteiger partial charge in [0.05, 0.1) is 5.41 Å². The van der Waals surface area contributed by atoms with Crippen LogP contribution in [0.4, 0.5) is 0 Å². The van der Waals surface area contributed by atoms with Crippen LogP contribution in [-0.4, -0.2) is 22.8 Å². The minimum absolute atomic E-state index is 0.193. The van der Waals surface area contributed by atoms with Crippen LogP contribution in [0.3, 0.4) is 0 Å². The smallest absolute Gasteiger partial charge is 0.309 e. The van der Waals surface area contributed by atoms with Crippen LogP contribution in [0.5, 0.6) is 0 Å². The summed E-state index contributed by atoms with van der Waals surface area (Å²) in [6.45, 7) is 4.80. The van der Waals surface area contributed by atoms with E-state index in [0.717, 1.165) is 25.2 Å². The number of aliphatic hydroxyl groups excluding tert-OH is 1. The first-order chi connectivity index (χ1) is 10.9. The Morgan fingerprint density at radius 3 is 2.52 bits per heavy atom. The highest BCUT2D eigenvalue weighted by Gasteiger charge is 2.65. The fourth-order valence-corrected chi connectivity index (χ4v) is 8.06. The van der Waals surface area contributed by atoms with E-state index in [2.05, 4.69) is 6.92 Å². The summed E-state index contributed by atoms with van der Waals surface area (Å²) in [4.78, 5) is 12.1. The summed E-state index contributed by atoms with van der Waals surface area (Å²) in [5.74, 6) is 1.68. The molecule has 130 valence electrons. The molecule has 2 bridgehead atoms. The van der Waals surface area contributed by atoms with Crippen LogP contribution in [0.2, 0.25) is 0 Å². The molecule has 4 aliphatic rings. The molecule has 0 amide bonds. The van der Waals surface area contributed by atoms with E-state index in [-0.39, 0.29) is 5.41 Å². The Morgan fingerprint density at radius 2 is 1.83 bits per heavy atom. The number of hydrogen-bond acceptors (Lipinski definition) is 2.